The van der Waals surface area contributed by atoms with Crippen molar-refractivity contribution in [3.63, 3.8) is 0 Å². The van der Waals surface area contributed by atoms with Gasteiger partial charge in [-0.25, -0.2) is 4.98 Å². The molecule has 1 heterocycles. The maximum Gasteiger partial charge on any atom is 0.257 e. The molecule has 4 nitrogen and oxygen atoms in total. The fourth-order valence-electron chi connectivity index (χ4n) is 1.30. The Morgan fingerprint density at radius 2 is 2.44 bits per heavy atom. The number of hydrogen-bond donors (Lipinski definition) is 0. The van der Waals surface area contributed by atoms with Crippen LogP contribution in [0.2, 0.25) is 0 Å². The number of hydrogen-bond acceptors (Lipinski definition) is 5. The number of nitrogens with zero attached hydrogens (tertiary/aromatic N) is 2. The van der Waals surface area contributed by atoms with Gasteiger partial charge in [0.05, 0.1) is 18.4 Å². The van der Waals surface area contributed by atoms with E-state index in [1.165, 1.54) is 11.8 Å². The zero-order valence-corrected chi connectivity index (χ0v) is 9.58. The lowest BCUT2D eigenvalue weighted by Gasteiger charge is -2.00. The lowest BCUT2D eigenvalue weighted by atomic mass is 10.3. The molecule has 0 amide bonds. The van der Waals surface area contributed by atoms with E-state index >= 15 is 0 Å². The van der Waals surface area contributed by atoms with Crippen molar-refractivity contribution in [3.05, 3.63) is 18.2 Å². The van der Waals surface area contributed by atoms with Crippen molar-refractivity contribution in [3.8, 4) is 11.8 Å². The number of nitriles is 1. The molecule has 0 saturated heterocycles. The van der Waals surface area contributed by atoms with Crippen LogP contribution >= 0.6 is 11.8 Å². The molecule has 0 N–H and O–H groups in total. The number of ether oxygens (including phenoxy) is 1. The van der Waals surface area contributed by atoms with E-state index in [0.717, 1.165) is 11.3 Å². The highest BCUT2D eigenvalue weighted by Crippen LogP contribution is 2.26. The van der Waals surface area contributed by atoms with Crippen molar-refractivity contribution in [2.75, 3.05) is 12.4 Å². The summed E-state index contributed by atoms with van der Waals surface area (Å²) in [5.74, 6) is 1.11. The van der Waals surface area contributed by atoms with E-state index in [4.69, 9.17) is 14.4 Å². The Bertz CT molecular complexity index is 530. The summed E-state index contributed by atoms with van der Waals surface area (Å²) in [6, 6.07) is 7.54. The standard InChI is InChI=1S/C11H10N2O2S/c1-2-14-8-3-4-9-10(7-8)15-11(13-9)16-6-5-12/h3-4,7H,2,6H2,1H3. The molecule has 1 aromatic heterocycles. The van der Waals surface area contributed by atoms with Crippen LogP contribution in [0.25, 0.3) is 11.1 Å². The molecular weight excluding hydrogens is 224 g/mol. The highest BCUT2D eigenvalue weighted by molar-refractivity contribution is 7.99. The van der Waals surface area contributed by atoms with Crippen LogP contribution in [0.5, 0.6) is 5.75 Å². The van der Waals surface area contributed by atoms with Crippen LogP contribution in [-0.2, 0) is 0 Å². The largest absolute Gasteiger partial charge is 0.494 e. The lowest BCUT2D eigenvalue weighted by molar-refractivity contribution is 0.340. The Morgan fingerprint density at radius 1 is 1.56 bits per heavy atom. The van der Waals surface area contributed by atoms with Gasteiger partial charge >= 0.3 is 0 Å². The van der Waals surface area contributed by atoms with Crippen LogP contribution in [0.15, 0.2) is 27.8 Å². The normalized spacial score (nSPS) is 10.2. The van der Waals surface area contributed by atoms with Gasteiger partial charge in [0, 0.05) is 6.07 Å². The first kappa shape index (κ1) is 10.8. The molecule has 0 saturated carbocycles. The van der Waals surface area contributed by atoms with E-state index in [0.29, 0.717) is 23.2 Å². The fourth-order valence-corrected chi connectivity index (χ4v) is 1.80. The molecule has 2 aromatic rings. The summed E-state index contributed by atoms with van der Waals surface area (Å²) in [6.45, 7) is 2.55. The van der Waals surface area contributed by atoms with Crippen LogP contribution in [0.1, 0.15) is 6.92 Å². The van der Waals surface area contributed by atoms with Gasteiger partial charge in [-0.2, -0.15) is 5.26 Å². The molecule has 0 spiro atoms. The van der Waals surface area contributed by atoms with Gasteiger partial charge in [-0.15, -0.1) is 0 Å². The van der Waals surface area contributed by atoms with Gasteiger partial charge in [-0.1, -0.05) is 11.8 Å². The van der Waals surface area contributed by atoms with Gasteiger partial charge < -0.3 is 9.15 Å². The summed E-state index contributed by atoms with van der Waals surface area (Å²) in [5, 5.41) is 8.97. The van der Waals surface area contributed by atoms with Crippen LogP contribution in [-0.4, -0.2) is 17.3 Å². The molecule has 1 aromatic carbocycles. The summed E-state index contributed by atoms with van der Waals surface area (Å²) in [5.41, 5.74) is 1.47. The minimum atomic E-state index is 0.338. The number of fused-ring (bicyclic) bond motifs is 1. The molecule has 0 radical (unpaired) electrons. The van der Waals surface area contributed by atoms with Gasteiger partial charge in [-0.05, 0) is 19.1 Å². The van der Waals surface area contributed by atoms with E-state index in [1.54, 1.807) is 0 Å². The molecule has 0 fully saturated rings. The Kier molecular flexibility index (Phi) is 3.32. The van der Waals surface area contributed by atoms with Gasteiger partial charge in [0.2, 0.25) is 0 Å². The highest BCUT2D eigenvalue weighted by Gasteiger charge is 2.06. The highest BCUT2D eigenvalue weighted by atomic mass is 32.2. The molecular formula is C11H10N2O2S. The average Bonchev–Trinajstić information content (AvgIpc) is 2.68. The van der Waals surface area contributed by atoms with Crippen LogP contribution in [0.3, 0.4) is 0 Å². The van der Waals surface area contributed by atoms with Crippen molar-refractivity contribution >= 4 is 22.9 Å². The first-order valence-electron chi connectivity index (χ1n) is 4.86. The SMILES string of the molecule is CCOc1ccc2nc(SCC#N)oc2c1. The fraction of sp³-hybridized carbons (Fsp3) is 0.273. The van der Waals surface area contributed by atoms with E-state index in [2.05, 4.69) is 4.98 Å². The lowest BCUT2D eigenvalue weighted by Crippen LogP contribution is -1.90. The molecule has 82 valence electrons. The molecule has 16 heavy (non-hydrogen) atoms. The molecule has 0 aliphatic rings. The maximum atomic E-state index is 8.46. The third-order valence-electron chi connectivity index (χ3n) is 1.91. The molecule has 0 unspecified atom stereocenters. The minimum Gasteiger partial charge on any atom is -0.494 e. The zero-order valence-electron chi connectivity index (χ0n) is 8.77. The smallest absolute Gasteiger partial charge is 0.257 e. The van der Waals surface area contributed by atoms with E-state index in [1.807, 2.05) is 31.2 Å². The van der Waals surface area contributed by atoms with E-state index in [-0.39, 0.29) is 0 Å². The minimum absolute atomic E-state index is 0.338. The van der Waals surface area contributed by atoms with Crippen LogP contribution < -0.4 is 4.74 Å². The Labute approximate surface area is 97.2 Å². The van der Waals surface area contributed by atoms with E-state index in [9.17, 15) is 0 Å². The Hall–Kier alpha value is -1.67. The molecule has 0 aliphatic heterocycles. The second kappa shape index (κ2) is 4.90. The third kappa shape index (κ3) is 2.28. The molecule has 0 atom stereocenters. The maximum absolute atomic E-state index is 8.46. The number of aromatic nitrogens is 1. The topological polar surface area (TPSA) is 59.0 Å². The number of rotatable bonds is 4. The van der Waals surface area contributed by atoms with Crippen molar-refractivity contribution in [1.82, 2.24) is 4.98 Å². The zero-order chi connectivity index (χ0) is 11.4. The van der Waals surface area contributed by atoms with Crippen molar-refractivity contribution in [1.29, 1.82) is 5.26 Å². The molecule has 2 rings (SSSR count). The van der Waals surface area contributed by atoms with Crippen molar-refractivity contribution in [2.45, 2.75) is 12.1 Å². The summed E-state index contributed by atoms with van der Waals surface area (Å²) in [4.78, 5) is 4.24. The second-order valence-corrected chi connectivity index (χ2v) is 3.92. The summed E-state index contributed by atoms with van der Waals surface area (Å²) in [7, 11) is 0. The molecule has 0 bridgehead atoms. The predicted molar refractivity (Wildman–Crippen MR) is 61.5 cm³/mol. The number of oxazole rings is 1. The Balaban J connectivity index is 2.27. The number of thioether (sulfide) groups is 1. The first-order valence-corrected chi connectivity index (χ1v) is 5.85. The van der Waals surface area contributed by atoms with Gasteiger partial charge in [0.1, 0.15) is 11.3 Å². The quantitative estimate of drug-likeness (QED) is 0.761. The summed E-state index contributed by atoms with van der Waals surface area (Å²) in [6.07, 6.45) is 0. The van der Waals surface area contributed by atoms with Gasteiger partial charge in [0.25, 0.3) is 5.22 Å². The predicted octanol–water partition coefficient (Wildman–Crippen LogP) is 2.84. The van der Waals surface area contributed by atoms with Crippen molar-refractivity contribution < 1.29 is 9.15 Å². The number of benzene rings is 1. The van der Waals surface area contributed by atoms with Gasteiger partial charge in [0.15, 0.2) is 5.58 Å². The van der Waals surface area contributed by atoms with Gasteiger partial charge in [-0.3, -0.25) is 0 Å². The summed E-state index contributed by atoms with van der Waals surface area (Å²) < 4.78 is 10.8. The van der Waals surface area contributed by atoms with Crippen molar-refractivity contribution in [2.24, 2.45) is 0 Å². The monoisotopic (exact) mass is 234 g/mol. The third-order valence-corrected chi connectivity index (χ3v) is 2.61. The average molecular weight is 234 g/mol. The summed E-state index contributed by atoms with van der Waals surface area (Å²) >= 11 is 1.29. The van der Waals surface area contributed by atoms with E-state index < -0.39 is 0 Å². The van der Waals surface area contributed by atoms with Crippen LogP contribution in [0, 0.1) is 11.3 Å². The molecule has 0 aliphatic carbocycles. The molecule has 5 heteroatoms. The van der Waals surface area contributed by atoms with Crippen LogP contribution in [0.4, 0.5) is 0 Å². The first-order chi connectivity index (χ1) is 7.83. The second-order valence-electron chi connectivity index (χ2n) is 2.99. The Morgan fingerprint density at radius 3 is 3.19 bits per heavy atom.